The van der Waals surface area contributed by atoms with Crippen molar-refractivity contribution in [2.24, 2.45) is 0 Å². The van der Waals surface area contributed by atoms with Crippen molar-refractivity contribution in [1.82, 2.24) is 5.32 Å². The summed E-state index contributed by atoms with van der Waals surface area (Å²) in [6.45, 7) is 6.84. The highest BCUT2D eigenvalue weighted by molar-refractivity contribution is 5.36. The number of methoxy groups -OCH3 is 1. The van der Waals surface area contributed by atoms with Crippen LogP contribution in [0.4, 0.5) is 4.39 Å². The van der Waals surface area contributed by atoms with Gasteiger partial charge in [-0.25, -0.2) is 4.39 Å². The summed E-state index contributed by atoms with van der Waals surface area (Å²) in [5, 5.41) is 3.25. The summed E-state index contributed by atoms with van der Waals surface area (Å²) in [6, 6.07) is 4.62. The molecule has 20 heavy (non-hydrogen) atoms. The zero-order valence-electron chi connectivity index (χ0n) is 12.4. The van der Waals surface area contributed by atoms with Gasteiger partial charge in [-0.15, -0.1) is 0 Å². The van der Waals surface area contributed by atoms with E-state index in [1.807, 2.05) is 13.8 Å². The van der Waals surface area contributed by atoms with Crippen molar-refractivity contribution in [2.75, 3.05) is 40.1 Å². The van der Waals surface area contributed by atoms with Crippen LogP contribution in [0.1, 0.15) is 25.5 Å². The van der Waals surface area contributed by atoms with Gasteiger partial charge in [-0.2, -0.15) is 0 Å². The van der Waals surface area contributed by atoms with Crippen LogP contribution in [0.3, 0.4) is 0 Å². The van der Waals surface area contributed by atoms with E-state index in [1.165, 1.54) is 12.1 Å². The maximum Gasteiger partial charge on any atom is 0.124 e. The Labute approximate surface area is 120 Å². The fourth-order valence-electron chi connectivity index (χ4n) is 1.86. The fourth-order valence-corrected chi connectivity index (χ4v) is 1.86. The van der Waals surface area contributed by atoms with Gasteiger partial charge in [0.1, 0.15) is 18.2 Å². The average Bonchev–Trinajstić information content (AvgIpc) is 2.44. The second kappa shape index (κ2) is 9.69. The van der Waals surface area contributed by atoms with Crippen molar-refractivity contribution >= 4 is 0 Å². The smallest absolute Gasteiger partial charge is 0.124 e. The van der Waals surface area contributed by atoms with Gasteiger partial charge in [0.15, 0.2) is 0 Å². The zero-order valence-corrected chi connectivity index (χ0v) is 12.4. The lowest BCUT2D eigenvalue weighted by Gasteiger charge is -2.18. The Kier molecular flexibility index (Phi) is 8.18. The van der Waals surface area contributed by atoms with E-state index in [0.29, 0.717) is 32.2 Å². The van der Waals surface area contributed by atoms with Crippen LogP contribution in [0.5, 0.6) is 5.75 Å². The minimum Gasteiger partial charge on any atom is -0.491 e. The Morgan fingerprint density at radius 2 is 1.95 bits per heavy atom. The fraction of sp³-hybridized carbons (Fsp3) is 0.600. The van der Waals surface area contributed by atoms with E-state index >= 15 is 0 Å². The van der Waals surface area contributed by atoms with Crippen molar-refractivity contribution in [3.05, 3.63) is 29.6 Å². The molecule has 0 amide bonds. The van der Waals surface area contributed by atoms with Crippen molar-refractivity contribution in [3.63, 3.8) is 0 Å². The van der Waals surface area contributed by atoms with Crippen molar-refractivity contribution < 1.29 is 18.6 Å². The van der Waals surface area contributed by atoms with Gasteiger partial charge >= 0.3 is 0 Å². The van der Waals surface area contributed by atoms with Gasteiger partial charge in [-0.1, -0.05) is 6.92 Å². The number of ether oxygens (including phenoxy) is 3. The zero-order chi connectivity index (χ0) is 14.8. The molecule has 0 bridgehead atoms. The number of nitrogens with one attached hydrogen (secondary N) is 1. The van der Waals surface area contributed by atoms with Gasteiger partial charge in [0.2, 0.25) is 0 Å². The van der Waals surface area contributed by atoms with Crippen molar-refractivity contribution in [1.29, 1.82) is 0 Å². The quantitative estimate of drug-likeness (QED) is 0.671. The molecule has 4 nitrogen and oxygen atoms in total. The highest BCUT2D eigenvalue weighted by atomic mass is 19.1. The average molecular weight is 285 g/mol. The van der Waals surface area contributed by atoms with Gasteiger partial charge in [0.05, 0.1) is 19.8 Å². The summed E-state index contributed by atoms with van der Waals surface area (Å²) in [4.78, 5) is 0. The summed E-state index contributed by atoms with van der Waals surface area (Å²) < 4.78 is 29.2. The summed E-state index contributed by atoms with van der Waals surface area (Å²) in [7, 11) is 1.63. The van der Waals surface area contributed by atoms with E-state index in [-0.39, 0.29) is 11.9 Å². The molecule has 114 valence electrons. The van der Waals surface area contributed by atoms with E-state index in [9.17, 15) is 4.39 Å². The molecule has 1 atom stereocenters. The monoisotopic (exact) mass is 285 g/mol. The van der Waals surface area contributed by atoms with E-state index in [0.717, 1.165) is 12.1 Å². The van der Waals surface area contributed by atoms with Crippen molar-refractivity contribution in [3.8, 4) is 5.75 Å². The lowest BCUT2D eigenvalue weighted by Crippen LogP contribution is -2.19. The Morgan fingerprint density at radius 1 is 1.20 bits per heavy atom. The highest BCUT2D eigenvalue weighted by Gasteiger charge is 2.12. The van der Waals surface area contributed by atoms with Crippen LogP contribution >= 0.6 is 0 Å². The number of hydrogen-bond acceptors (Lipinski definition) is 4. The van der Waals surface area contributed by atoms with Gasteiger partial charge in [0.25, 0.3) is 0 Å². The number of halogens is 1. The van der Waals surface area contributed by atoms with Crippen LogP contribution in [0.15, 0.2) is 18.2 Å². The molecule has 0 radical (unpaired) electrons. The molecule has 0 aliphatic heterocycles. The molecule has 0 spiro atoms. The van der Waals surface area contributed by atoms with E-state index in [1.54, 1.807) is 13.2 Å². The molecule has 1 rings (SSSR count). The third-order valence-electron chi connectivity index (χ3n) is 2.87. The Balaban J connectivity index is 2.51. The van der Waals surface area contributed by atoms with Gasteiger partial charge in [-0.05, 0) is 31.7 Å². The molecule has 1 aromatic rings. The number of rotatable bonds is 10. The summed E-state index contributed by atoms with van der Waals surface area (Å²) in [5.41, 5.74) is 0.823. The predicted molar refractivity (Wildman–Crippen MR) is 76.7 cm³/mol. The Bertz CT molecular complexity index is 387. The molecular formula is C15H24FNO3. The summed E-state index contributed by atoms with van der Waals surface area (Å²) >= 11 is 0. The van der Waals surface area contributed by atoms with E-state index in [2.05, 4.69) is 5.32 Å². The first kappa shape index (κ1) is 16.9. The van der Waals surface area contributed by atoms with Crippen molar-refractivity contribution in [2.45, 2.75) is 19.9 Å². The molecular weight excluding hydrogens is 261 g/mol. The predicted octanol–water partition coefficient (Wildman–Crippen LogP) is 2.54. The van der Waals surface area contributed by atoms with Crippen LogP contribution < -0.4 is 10.1 Å². The van der Waals surface area contributed by atoms with Crippen LogP contribution in [-0.4, -0.2) is 40.1 Å². The second-order valence-electron chi connectivity index (χ2n) is 4.42. The maximum absolute atomic E-state index is 13.4. The van der Waals surface area contributed by atoms with E-state index < -0.39 is 0 Å². The molecule has 0 fully saturated rings. The van der Waals surface area contributed by atoms with Crippen LogP contribution in [-0.2, 0) is 9.47 Å². The largest absolute Gasteiger partial charge is 0.491 e. The minimum absolute atomic E-state index is 0.0418. The van der Waals surface area contributed by atoms with Crippen LogP contribution in [0.2, 0.25) is 0 Å². The number of hydrogen-bond donors (Lipinski definition) is 1. The molecule has 5 heteroatoms. The molecule has 1 aromatic carbocycles. The minimum atomic E-state index is -0.256. The summed E-state index contributed by atoms with van der Waals surface area (Å²) in [6.07, 6.45) is 0. The highest BCUT2D eigenvalue weighted by Crippen LogP contribution is 2.26. The second-order valence-corrected chi connectivity index (χ2v) is 4.42. The Morgan fingerprint density at radius 3 is 2.65 bits per heavy atom. The van der Waals surface area contributed by atoms with E-state index in [4.69, 9.17) is 14.2 Å². The normalized spacial score (nSPS) is 12.4. The molecule has 0 aliphatic carbocycles. The first-order chi connectivity index (χ1) is 9.69. The molecule has 0 aliphatic rings. The maximum atomic E-state index is 13.4. The first-order valence-corrected chi connectivity index (χ1v) is 6.91. The third-order valence-corrected chi connectivity index (χ3v) is 2.87. The van der Waals surface area contributed by atoms with Gasteiger partial charge in [-0.3, -0.25) is 0 Å². The van der Waals surface area contributed by atoms with Crippen LogP contribution in [0, 0.1) is 5.82 Å². The number of benzene rings is 1. The van der Waals surface area contributed by atoms with Gasteiger partial charge in [0, 0.05) is 18.7 Å². The lowest BCUT2D eigenvalue weighted by atomic mass is 10.1. The Hall–Kier alpha value is -1.17. The summed E-state index contributed by atoms with van der Waals surface area (Å²) in [5.74, 6) is 0.434. The van der Waals surface area contributed by atoms with Crippen LogP contribution in [0.25, 0.3) is 0 Å². The molecule has 0 heterocycles. The molecule has 0 saturated heterocycles. The standard InChI is InChI=1S/C15H24FNO3/c1-4-17-12(2)14-11-13(16)5-6-15(14)20-10-9-19-8-7-18-3/h5-6,11-12,17H,4,7-10H2,1-3H3. The van der Waals surface area contributed by atoms with Gasteiger partial charge < -0.3 is 19.5 Å². The molecule has 0 aromatic heterocycles. The lowest BCUT2D eigenvalue weighted by molar-refractivity contribution is 0.0542. The molecule has 0 saturated carbocycles. The molecule has 1 unspecified atom stereocenters. The third kappa shape index (κ3) is 5.86. The topological polar surface area (TPSA) is 39.7 Å². The molecule has 1 N–H and O–H groups in total. The SMILES string of the molecule is CCNC(C)c1cc(F)ccc1OCCOCCOC. The first-order valence-electron chi connectivity index (χ1n) is 6.91.